The number of benzene rings is 2. The summed E-state index contributed by atoms with van der Waals surface area (Å²) in [5.41, 5.74) is 0.513. The van der Waals surface area contributed by atoms with Gasteiger partial charge in [0, 0.05) is 0 Å². The Hall–Kier alpha value is -2.64. The van der Waals surface area contributed by atoms with Crippen LogP contribution in [-0.4, -0.2) is 11.9 Å². The number of hydrogen-bond donors (Lipinski definition) is 0. The highest BCUT2D eigenvalue weighted by Gasteiger charge is 2.15. The number of halogens is 1. The van der Waals surface area contributed by atoms with Crippen LogP contribution in [0.5, 0.6) is 0 Å². The van der Waals surface area contributed by atoms with Crippen molar-refractivity contribution in [3.8, 4) is 6.07 Å². The van der Waals surface area contributed by atoms with Crippen LogP contribution in [0.15, 0.2) is 48.5 Å². The van der Waals surface area contributed by atoms with Gasteiger partial charge in [-0.05, 0) is 30.3 Å². The molecule has 2 aromatic carbocycles. The van der Waals surface area contributed by atoms with Gasteiger partial charge >= 0.3 is 11.9 Å². The Balaban J connectivity index is 2.17. The molecule has 0 aliphatic rings. The SMILES string of the molecule is N#Cc1cc(C(=O)OC(=O)c2ccccc2)ccc1Cl. The van der Waals surface area contributed by atoms with Crippen LogP contribution in [0.1, 0.15) is 26.3 Å². The van der Waals surface area contributed by atoms with Gasteiger partial charge in [-0.3, -0.25) is 0 Å². The lowest BCUT2D eigenvalue weighted by Crippen LogP contribution is -2.12. The molecule has 0 amide bonds. The number of carbonyl (C=O) groups is 2. The van der Waals surface area contributed by atoms with E-state index < -0.39 is 11.9 Å². The Kier molecular flexibility index (Phi) is 4.14. The molecule has 0 bridgehead atoms. The zero-order chi connectivity index (χ0) is 14.5. The maximum Gasteiger partial charge on any atom is 0.346 e. The van der Waals surface area contributed by atoms with Gasteiger partial charge in [0.15, 0.2) is 0 Å². The number of esters is 2. The van der Waals surface area contributed by atoms with Crippen LogP contribution in [-0.2, 0) is 4.74 Å². The number of nitriles is 1. The van der Waals surface area contributed by atoms with Crippen molar-refractivity contribution in [3.63, 3.8) is 0 Å². The van der Waals surface area contributed by atoms with Gasteiger partial charge in [-0.25, -0.2) is 9.59 Å². The Morgan fingerprint density at radius 3 is 2.30 bits per heavy atom. The third-order valence-electron chi connectivity index (χ3n) is 2.52. The first-order valence-corrected chi connectivity index (χ1v) is 6.01. The molecule has 0 saturated carbocycles. The van der Waals surface area contributed by atoms with Crippen LogP contribution < -0.4 is 0 Å². The predicted octanol–water partition coefficient (Wildman–Crippen LogP) is 3.21. The maximum absolute atomic E-state index is 11.8. The monoisotopic (exact) mass is 285 g/mol. The van der Waals surface area contributed by atoms with Crippen LogP contribution in [0, 0.1) is 11.3 Å². The molecule has 0 aromatic heterocycles. The van der Waals surface area contributed by atoms with E-state index in [-0.39, 0.29) is 21.7 Å². The molecule has 0 heterocycles. The topological polar surface area (TPSA) is 67.2 Å². The summed E-state index contributed by atoms with van der Waals surface area (Å²) in [4.78, 5) is 23.5. The van der Waals surface area contributed by atoms with E-state index >= 15 is 0 Å². The molecule has 2 rings (SSSR count). The van der Waals surface area contributed by atoms with Crippen LogP contribution in [0.2, 0.25) is 5.02 Å². The first kappa shape index (κ1) is 13.8. The molecule has 0 unspecified atom stereocenters. The Morgan fingerprint density at radius 2 is 1.65 bits per heavy atom. The molecule has 4 nitrogen and oxygen atoms in total. The van der Waals surface area contributed by atoms with E-state index in [1.54, 1.807) is 18.2 Å². The minimum atomic E-state index is -0.827. The number of hydrogen-bond acceptors (Lipinski definition) is 4. The summed E-state index contributed by atoms with van der Waals surface area (Å²) >= 11 is 5.76. The quantitative estimate of drug-likeness (QED) is 0.627. The zero-order valence-electron chi connectivity index (χ0n) is 10.2. The van der Waals surface area contributed by atoms with E-state index in [2.05, 4.69) is 0 Å². The lowest BCUT2D eigenvalue weighted by molar-refractivity contribution is 0.0398. The van der Waals surface area contributed by atoms with Gasteiger partial charge in [-0.15, -0.1) is 0 Å². The average molecular weight is 286 g/mol. The lowest BCUT2D eigenvalue weighted by Gasteiger charge is -2.04. The molecule has 0 N–H and O–H groups in total. The predicted molar refractivity (Wildman–Crippen MR) is 72.4 cm³/mol. The van der Waals surface area contributed by atoms with E-state index in [0.29, 0.717) is 0 Å². The first-order valence-electron chi connectivity index (χ1n) is 5.63. The van der Waals surface area contributed by atoms with Crippen LogP contribution in [0.4, 0.5) is 0 Å². The van der Waals surface area contributed by atoms with Crippen molar-refractivity contribution in [1.29, 1.82) is 5.26 Å². The highest BCUT2D eigenvalue weighted by atomic mass is 35.5. The van der Waals surface area contributed by atoms with Crippen molar-refractivity contribution in [3.05, 3.63) is 70.2 Å². The molecule has 0 aliphatic heterocycles. The molecule has 0 fully saturated rings. The summed E-state index contributed by atoms with van der Waals surface area (Å²) in [6.45, 7) is 0. The van der Waals surface area contributed by atoms with Gasteiger partial charge in [0.05, 0.1) is 21.7 Å². The van der Waals surface area contributed by atoms with E-state index in [1.807, 2.05) is 6.07 Å². The van der Waals surface area contributed by atoms with E-state index in [0.717, 1.165) is 0 Å². The molecular weight excluding hydrogens is 278 g/mol. The van der Waals surface area contributed by atoms with E-state index in [4.69, 9.17) is 21.6 Å². The summed E-state index contributed by atoms with van der Waals surface area (Å²) in [5.74, 6) is -1.57. The third-order valence-corrected chi connectivity index (χ3v) is 2.85. The molecule has 0 atom stereocenters. The van der Waals surface area contributed by atoms with Crippen LogP contribution >= 0.6 is 11.6 Å². The largest absolute Gasteiger partial charge is 0.386 e. The number of ether oxygens (including phenoxy) is 1. The van der Waals surface area contributed by atoms with Gasteiger partial charge in [-0.2, -0.15) is 5.26 Å². The standard InChI is InChI=1S/C15H8ClNO3/c16-13-7-6-11(8-12(13)9-17)15(19)20-14(18)10-4-2-1-3-5-10/h1-8H. The molecule has 2 aromatic rings. The van der Waals surface area contributed by atoms with Gasteiger partial charge in [0.1, 0.15) is 6.07 Å². The molecule has 20 heavy (non-hydrogen) atoms. The number of nitrogens with zero attached hydrogens (tertiary/aromatic N) is 1. The Morgan fingerprint density at radius 1 is 1.00 bits per heavy atom. The fourth-order valence-corrected chi connectivity index (χ4v) is 1.67. The fourth-order valence-electron chi connectivity index (χ4n) is 1.51. The third kappa shape index (κ3) is 3.02. The van der Waals surface area contributed by atoms with Crippen molar-refractivity contribution < 1.29 is 14.3 Å². The van der Waals surface area contributed by atoms with Crippen molar-refractivity contribution in [2.24, 2.45) is 0 Å². The smallest absolute Gasteiger partial charge is 0.346 e. The lowest BCUT2D eigenvalue weighted by atomic mass is 10.1. The van der Waals surface area contributed by atoms with Gasteiger partial charge < -0.3 is 4.74 Å². The summed E-state index contributed by atoms with van der Waals surface area (Å²) in [5, 5.41) is 9.07. The summed E-state index contributed by atoms with van der Waals surface area (Å²) in [7, 11) is 0. The molecule has 5 heteroatoms. The number of rotatable bonds is 2. The number of carbonyl (C=O) groups excluding carboxylic acids is 2. The fraction of sp³-hybridized carbons (Fsp3) is 0. The summed E-state index contributed by atoms with van der Waals surface area (Å²) < 4.78 is 4.73. The molecule has 0 radical (unpaired) electrons. The second-order valence-electron chi connectivity index (χ2n) is 3.85. The van der Waals surface area contributed by atoms with Gasteiger partial charge in [0.25, 0.3) is 0 Å². The van der Waals surface area contributed by atoms with Gasteiger partial charge in [-0.1, -0.05) is 29.8 Å². The first-order chi connectivity index (χ1) is 9.61. The normalized spacial score (nSPS) is 9.60. The van der Waals surface area contributed by atoms with E-state index in [1.165, 1.54) is 30.3 Å². The molecule has 0 spiro atoms. The summed E-state index contributed by atoms with van der Waals surface area (Å²) in [6.07, 6.45) is 0. The van der Waals surface area contributed by atoms with E-state index in [9.17, 15) is 9.59 Å². The van der Waals surface area contributed by atoms with Gasteiger partial charge in [0.2, 0.25) is 0 Å². The molecule has 98 valence electrons. The van der Waals surface area contributed by atoms with Crippen molar-refractivity contribution in [2.75, 3.05) is 0 Å². The Labute approximate surface area is 120 Å². The van der Waals surface area contributed by atoms with Crippen molar-refractivity contribution in [1.82, 2.24) is 0 Å². The molecule has 0 aliphatic carbocycles. The zero-order valence-corrected chi connectivity index (χ0v) is 10.9. The molecule has 0 saturated heterocycles. The minimum Gasteiger partial charge on any atom is -0.386 e. The second-order valence-corrected chi connectivity index (χ2v) is 4.26. The minimum absolute atomic E-state index is 0.0928. The highest BCUT2D eigenvalue weighted by molar-refractivity contribution is 6.31. The van der Waals surface area contributed by atoms with Crippen molar-refractivity contribution >= 4 is 23.5 Å². The maximum atomic E-state index is 11.8. The second kappa shape index (κ2) is 6.00. The summed E-state index contributed by atoms with van der Waals surface area (Å²) in [6, 6.07) is 14.1. The van der Waals surface area contributed by atoms with Crippen LogP contribution in [0.25, 0.3) is 0 Å². The Bertz CT molecular complexity index is 705. The van der Waals surface area contributed by atoms with Crippen LogP contribution in [0.3, 0.4) is 0 Å². The van der Waals surface area contributed by atoms with Crippen molar-refractivity contribution in [2.45, 2.75) is 0 Å². The average Bonchev–Trinajstić information content (AvgIpc) is 2.48. The highest BCUT2D eigenvalue weighted by Crippen LogP contribution is 2.17. The molecular formula is C15H8ClNO3.